The molecule has 14 heavy (non-hydrogen) atoms. The van der Waals surface area contributed by atoms with E-state index in [1.165, 1.54) is 6.33 Å². The fourth-order valence-electron chi connectivity index (χ4n) is 1.46. The molecular formula is C10H18N4. The number of hydrogen-bond donors (Lipinski definition) is 1. The molecule has 4 nitrogen and oxygen atoms in total. The van der Waals surface area contributed by atoms with E-state index in [0.29, 0.717) is 5.82 Å². The van der Waals surface area contributed by atoms with Gasteiger partial charge in [-0.05, 0) is 20.3 Å². The number of hydrogen-bond acceptors (Lipinski definition) is 4. The topological polar surface area (TPSA) is 55.0 Å². The summed E-state index contributed by atoms with van der Waals surface area (Å²) in [5.74, 6) is 1.53. The van der Waals surface area contributed by atoms with Crippen LogP contribution in [0.5, 0.6) is 0 Å². The Labute approximate surface area is 85.2 Å². The minimum Gasteiger partial charge on any atom is -0.383 e. The number of rotatable bonds is 4. The minimum absolute atomic E-state index is 0.574. The van der Waals surface area contributed by atoms with Crippen molar-refractivity contribution in [3.05, 3.63) is 11.9 Å². The maximum atomic E-state index is 5.73. The van der Waals surface area contributed by atoms with Crippen molar-refractivity contribution >= 4 is 11.6 Å². The van der Waals surface area contributed by atoms with Gasteiger partial charge in [0, 0.05) is 18.7 Å². The summed E-state index contributed by atoms with van der Waals surface area (Å²) in [6.45, 7) is 8.19. The Morgan fingerprint density at radius 1 is 1.36 bits per heavy atom. The lowest BCUT2D eigenvalue weighted by atomic mass is 10.3. The molecule has 0 bridgehead atoms. The van der Waals surface area contributed by atoms with E-state index >= 15 is 0 Å². The van der Waals surface area contributed by atoms with Crippen molar-refractivity contribution in [3.8, 4) is 0 Å². The number of anilines is 2. The van der Waals surface area contributed by atoms with Gasteiger partial charge in [-0.3, -0.25) is 0 Å². The fraction of sp³-hybridized carbons (Fsp3) is 0.600. The summed E-state index contributed by atoms with van der Waals surface area (Å²) in [6.07, 6.45) is 2.63. The average Bonchev–Trinajstić information content (AvgIpc) is 2.19. The lowest BCUT2D eigenvalue weighted by molar-refractivity contribution is 0.773. The van der Waals surface area contributed by atoms with Gasteiger partial charge in [-0.25, -0.2) is 9.97 Å². The zero-order valence-corrected chi connectivity index (χ0v) is 9.12. The van der Waals surface area contributed by atoms with E-state index in [9.17, 15) is 0 Å². The van der Waals surface area contributed by atoms with Crippen LogP contribution in [0.3, 0.4) is 0 Å². The Hall–Kier alpha value is -1.32. The first-order valence-electron chi connectivity index (χ1n) is 5.02. The predicted octanol–water partition coefficient (Wildman–Crippen LogP) is 1.60. The molecule has 0 saturated heterocycles. The summed E-state index contributed by atoms with van der Waals surface area (Å²) in [7, 11) is 0. The summed E-state index contributed by atoms with van der Waals surface area (Å²) in [5, 5.41) is 0. The van der Waals surface area contributed by atoms with Crippen LogP contribution in [-0.2, 0) is 0 Å². The molecule has 1 aromatic heterocycles. The molecule has 0 aliphatic heterocycles. The van der Waals surface area contributed by atoms with Crippen molar-refractivity contribution in [2.75, 3.05) is 23.7 Å². The molecule has 2 N–H and O–H groups in total. The number of nitrogen functional groups attached to an aromatic ring is 1. The molecule has 1 heterocycles. The van der Waals surface area contributed by atoms with Crippen LogP contribution >= 0.6 is 0 Å². The Bertz CT molecular complexity index is 298. The lowest BCUT2D eigenvalue weighted by Gasteiger charge is -2.22. The first kappa shape index (κ1) is 10.8. The van der Waals surface area contributed by atoms with Crippen LogP contribution in [0.1, 0.15) is 25.8 Å². The summed E-state index contributed by atoms with van der Waals surface area (Å²) in [5.41, 5.74) is 6.71. The van der Waals surface area contributed by atoms with E-state index in [4.69, 9.17) is 5.73 Å². The third-order valence-electron chi connectivity index (χ3n) is 2.27. The molecule has 0 unspecified atom stereocenters. The molecule has 0 aliphatic carbocycles. The van der Waals surface area contributed by atoms with Gasteiger partial charge in [0.1, 0.15) is 18.0 Å². The van der Waals surface area contributed by atoms with E-state index in [1.54, 1.807) is 0 Å². The second-order valence-corrected chi connectivity index (χ2v) is 3.29. The van der Waals surface area contributed by atoms with E-state index in [-0.39, 0.29) is 0 Å². The largest absolute Gasteiger partial charge is 0.383 e. The van der Waals surface area contributed by atoms with Crippen molar-refractivity contribution in [2.45, 2.75) is 27.2 Å². The zero-order valence-electron chi connectivity index (χ0n) is 9.12. The van der Waals surface area contributed by atoms with E-state index in [0.717, 1.165) is 30.9 Å². The Morgan fingerprint density at radius 3 is 2.64 bits per heavy atom. The highest BCUT2D eigenvalue weighted by Crippen LogP contribution is 2.19. The van der Waals surface area contributed by atoms with Gasteiger partial charge in [0.05, 0.1) is 0 Å². The molecule has 78 valence electrons. The molecule has 0 fully saturated rings. The lowest BCUT2D eigenvalue weighted by Crippen LogP contribution is -2.25. The van der Waals surface area contributed by atoms with Crippen LogP contribution in [0.15, 0.2) is 6.33 Å². The molecular weight excluding hydrogens is 176 g/mol. The van der Waals surface area contributed by atoms with Gasteiger partial charge in [-0.2, -0.15) is 0 Å². The average molecular weight is 194 g/mol. The SMILES string of the molecule is CCCN(CC)c1ncnc(N)c1C. The highest BCUT2D eigenvalue weighted by molar-refractivity contribution is 5.55. The summed E-state index contributed by atoms with van der Waals surface area (Å²) in [6, 6.07) is 0. The van der Waals surface area contributed by atoms with Crippen molar-refractivity contribution in [1.29, 1.82) is 0 Å². The third-order valence-corrected chi connectivity index (χ3v) is 2.27. The van der Waals surface area contributed by atoms with Gasteiger partial charge in [-0.15, -0.1) is 0 Å². The molecule has 0 amide bonds. The van der Waals surface area contributed by atoms with Crippen molar-refractivity contribution in [2.24, 2.45) is 0 Å². The van der Waals surface area contributed by atoms with Gasteiger partial charge in [0.2, 0.25) is 0 Å². The van der Waals surface area contributed by atoms with Crippen LogP contribution in [-0.4, -0.2) is 23.1 Å². The van der Waals surface area contributed by atoms with Crippen LogP contribution in [0, 0.1) is 6.92 Å². The van der Waals surface area contributed by atoms with Crippen LogP contribution in [0.2, 0.25) is 0 Å². The van der Waals surface area contributed by atoms with Gasteiger partial charge in [-0.1, -0.05) is 6.92 Å². The standard InChI is InChI=1S/C10H18N4/c1-4-6-14(5-2)10-8(3)9(11)12-7-13-10/h7H,4-6H2,1-3H3,(H2,11,12,13). The fourth-order valence-corrected chi connectivity index (χ4v) is 1.46. The van der Waals surface area contributed by atoms with E-state index < -0.39 is 0 Å². The highest BCUT2D eigenvalue weighted by atomic mass is 15.2. The molecule has 4 heteroatoms. The third kappa shape index (κ3) is 2.13. The molecule has 0 spiro atoms. The van der Waals surface area contributed by atoms with Crippen LogP contribution in [0.4, 0.5) is 11.6 Å². The second kappa shape index (κ2) is 4.79. The van der Waals surface area contributed by atoms with E-state index in [2.05, 4.69) is 28.7 Å². The summed E-state index contributed by atoms with van der Waals surface area (Å²) >= 11 is 0. The molecule has 0 atom stereocenters. The van der Waals surface area contributed by atoms with Gasteiger partial charge in [0.25, 0.3) is 0 Å². The summed E-state index contributed by atoms with van der Waals surface area (Å²) in [4.78, 5) is 10.4. The van der Waals surface area contributed by atoms with Gasteiger partial charge in [0.15, 0.2) is 0 Å². The smallest absolute Gasteiger partial charge is 0.137 e. The Kier molecular flexibility index (Phi) is 3.68. The first-order chi connectivity index (χ1) is 6.70. The highest BCUT2D eigenvalue weighted by Gasteiger charge is 2.09. The molecule has 0 aromatic carbocycles. The zero-order chi connectivity index (χ0) is 10.6. The quantitative estimate of drug-likeness (QED) is 0.791. The van der Waals surface area contributed by atoms with Crippen LogP contribution < -0.4 is 10.6 Å². The van der Waals surface area contributed by atoms with Crippen LogP contribution in [0.25, 0.3) is 0 Å². The number of aromatic nitrogens is 2. The molecule has 0 saturated carbocycles. The number of nitrogens with zero attached hydrogens (tertiary/aromatic N) is 3. The normalized spacial score (nSPS) is 10.2. The van der Waals surface area contributed by atoms with E-state index in [1.807, 2.05) is 6.92 Å². The first-order valence-corrected chi connectivity index (χ1v) is 5.02. The molecule has 1 rings (SSSR count). The van der Waals surface area contributed by atoms with Crippen molar-refractivity contribution < 1.29 is 0 Å². The molecule has 0 radical (unpaired) electrons. The Morgan fingerprint density at radius 2 is 2.07 bits per heavy atom. The molecule has 1 aromatic rings. The Balaban J connectivity index is 2.97. The second-order valence-electron chi connectivity index (χ2n) is 3.29. The van der Waals surface area contributed by atoms with Gasteiger partial charge >= 0.3 is 0 Å². The van der Waals surface area contributed by atoms with Crippen molar-refractivity contribution in [3.63, 3.8) is 0 Å². The number of nitrogens with two attached hydrogens (primary N) is 1. The van der Waals surface area contributed by atoms with Crippen molar-refractivity contribution in [1.82, 2.24) is 9.97 Å². The predicted molar refractivity (Wildman–Crippen MR) is 59.4 cm³/mol. The maximum Gasteiger partial charge on any atom is 0.137 e. The maximum absolute atomic E-state index is 5.73. The monoisotopic (exact) mass is 194 g/mol. The molecule has 0 aliphatic rings. The summed E-state index contributed by atoms with van der Waals surface area (Å²) < 4.78 is 0. The van der Waals surface area contributed by atoms with Gasteiger partial charge < -0.3 is 10.6 Å². The minimum atomic E-state index is 0.574.